The van der Waals surface area contributed by atoms with Crippen LogP contribution in [0.2, 0.25) is 0 Å². The van der Waals surface area contributed by atoms with Crippen LogP contribution in [0.15, 0.2) is 49.3 Å². The van der Waals surface area contributed by atoms with Gasteiger partial charge in [0, 0.05) is 105 Å². The molecule has 0 spiro atoms. The monoisotopic (exact) mass is 829 g/mol. The van der Waals surface area contributed by atoms with E-state index < -0.39 is 35.8 Å². The molecule has 1 unspecified atom stereocenters. The molecule has 5 heterocycles. The number of carbonyl (C=O) groups is 6. The van der Waals surface area contributed by atoms with Crippen LogP contribution in [0.4, 0.5) is 23.0 Å². The molecule has 0 aliphatic carbocycles. The van der Waals surface area contributed by atoms with Crippen molar-refractivity contribution in [3.63, 3.8) is 0 Å². The average molecular weight is 830 g/mol. The van der Waals surface area contributed by atoms with Gasteiger partial charge in [-0.3, -0.25) is 28.8 Å². The summed E-state index contributed by atoms with van der Waals surface area (Å²) in [5.41, 5.74) is 1.22. The van der Waals surface area contributed by atoms with E-state index in [2.05, 4.69) is 66.0 Å². The molecule has 0 aliphatic rings. The molecule has 22 nitrogen and oxygen atoms in total. The lowest BCUT2D eigenvalue weighted by molar-refractivity contribution is -0.116. The van der Waals surface area contributed by atoms with Crippen molar-refractivity contribution >= 4 is 58.5 Å². The molecule has 22 heteroatoms. The molecule has 6 amide bonds. The van der Waals surface area contributed by atoms with Crippen molar-refractivity contribution in [2.75, 3.05) is 40.9 Å². The van der Waals surface area contributed by atoms with E-state index in [1.54, 1.807) is 73.7 Å². The fourth-order valence-corrected chi connectivity index (χ4v) is 5.95. The van der Waals surface area contributed by atoms with Crippen LogP contribution in [0.5, 0.6) is 0 Å². The number of carbonyl (C=O) groups excluding carboxylic acids is 6. The highest BCUT2D eigenvalue weighted by atomic mass is 16.3. The predicted molar refractivity (Wildman–Crippen MR) is 220 cm³/mol. The minimum absolute atomic E-state index is 0.00155. The lowest BCUT2D eigenvalue weighted by Crippen LogP contribution is -2.31. The Balaban J connectivity index is 1.04. The molecule has 0 aliphatic heterocycles. The second kappa shape index (κ2) is 19.5. The number of nitrogens with one attached hydrogen (secondary N) is 7. The highest BCUT2D eigenvalue weighted by Crippen LogP contribution is 2.17. The summed E-state index contributed by atoms with van der Waals surface area (Å²) in [5, 5.41) is 29.6. The van der Waals surface area contributed by atoms with Crippen LogP contribution in [0.1, 0.15) is 85.9 Å². The Morgan fingerprint density at radius 1 is 0.600 bits per heavy atom. The first-order chi connectivity index (χ1) is 28.5. The van der Waals surface area contributed by atoms with Crippen molar-refractivity contribution in [2.24, 2.45) is 41.2 Å². The zero-order chi connectivity index (χ0) is 43.7. The van der Waals surface area contributed by atoms with Gasteiger partial charge in [-0.25, -0.2) is 15.0 Å². The molecule has 0 radical (unpaired) electrons. The van der Waals surface area contributed by atoms with Crippen molar-refractivity contribution in [2.45, 2.75) is 39.3 Å². The number of aryl methyl sites for hydroxylation is 5. The summed E-state index contributed by atoms with van der Waals surface area (Å²) in [7, 11) is 8.24. The molecular formula is C38H51N15O7. The maximum atomic E-state index is 13.1. The van der Waals surface area contributed by atoms with Gasteiger partial charge in [0.15, 0.2) is 11.6 Å². The molecule has 5 rings (SSSR count). The molecule has 8 N–H and O–H groups in total. The van der Waals surface area contributed by atoms with E-state index >= 15 is 0 Å². The van der Waals surface area contributed by atoms with Gasteiger partial charge in [-0.2, -0.15) is 0 Å². The van der Waals surface area contributed by atoms with Crippen LogP contribution >= 0.6 is 0 Å². The van der Waals surface area contributed by atoms with E-state index in [-0.39, 0.29) is 66.5 Å². The Kier molecular flexibility index (Phi) is 14.2. The van der Waals surface area contributed by atoms with Crippen LogP contribution < -0.4 is 37.2 Å². The standard InChI is InChI=1S/C38H51N15O7/c1-22(2)8-11-42-36(58)32-47-27(20-52(32)6)45-29(54)9-12-41-35(57)26-17-24(19-51(26)5)44-38(60)33-48-28(21-53(33)7)46-30(55)10-13-40-34(56)25-16-23(18-50(25)4)43-37(59)31-39-14-15-49(31)3/h14-22,29,45,54H,8-13H2,1-7H3,(H,40,56)(H,41,57)(H,42,58)(H,43,59)(H,44,60)(H,46,55). The largest absolute Gasteiger partial charge is 0.374 e. The van der Waals surface area contributed by atoms with E-state index in [1.165, 1.54) is 33.7 Å². The van der Waals surface area contributed by atoms with E-state index in [0.717, 1.165) is 6.42 Å². The molecule has 60 heavy (non-hydrogen) atoms. The highest BCUT2D eigenvalue weighted by Gasteiger charge is 2.21. The van der Waals surface area contributed by atoms with Crippen LogP contribution in [0.3, 0.4) is 0 Å². The third-order valence-electron chi connectivity index (χ3n) is 9.10. The van der Waals surface area contributed by atoms with Gasteiger partial charge in [-0.05, 0) is 24.5 Å². The molecule has 5 aromatic heterocycles. The fourth-order valence-electron chi connectivity index (χ4n) is 5.95. The molecule has 0 aromatic carbocycles. The van der Waals surface area contributed by atoms with Gasteiger partial charge in [0.1, 0.15) is 23.4 Å². The zero-order valence-electron chi connectivity index (χ0n) is 34.5. The number of aliphatic hydroxyl groups excluding tert-OH is 1. The van der Waals surface area contributed by atoms with E-state index in [1.807, 2.05) is 0 Å². The van der Waals surface area contributed by atoms with Crippen molar-refractivity contribution in [3.05, 3.63) is 78.2 Å². The third kappa shape index (κ3) is 11.5. The number of nitrogens with zero attached hydrogens (tertiary/aromatic N) is 8. The van der Waals surface area contributed by atoms with Crippen LogP contribution in [-0.4, -0.2) is 104 Å². The molecule has 0 bridgehead atoms. The number of amides is 6. The fraction of sp³-hybridized carbons (Fsp3) is 0.395. The smallest absolute Gasteiger partial charge is 0.291 e. The number of anilines is 4. The second-order valence-corrected chi connectivity index (χ2v) is 14.5. The molecule has 320 valence electrons. The number of imidazole rings is 3. The van der Waals surface area contributed by atoms with E-state index in [9.17, 15) is 33.9 Å². The predicted octanol–water partition coefficient (Wildman–Crippen LogP) is 1.15. The van der Waals surface area contributed by atoms with E-state index in [0.29, 0.717) is 29.7 Å². The minimum Gasteiger partial charge on any atom is -0.374 e. The summed E-state index contributed by atoms with van der Waals surface area (Å²) >= 11 is 0. The van der Waals surface area contributed by atoms with Gasteiger partial charge in [0.05, 0.1) is 11.4 Å². The van der Waals surface area contributed by atoms with Crippen LogP contribution in [0, 0.1) is 5.92 Å². The first-order valence-corrected chi connectivity index (χ1v) is 19.1. The van der Waals surface area contributed by atoms with Gasteiger partial charge in [-0.15, -0.1) is 0 Å². The number of aliphatic hydroxyl groups is 1. The summed E-state index contributed by atoms with van der Waals surface area (Å²) in [6.07, 6.45) is 9.14. The second-order valence-electron chi connectivity index (χ2n) is 14.5. The van der Waals surface area contributed by atoms with Gasteiger partial charge in [0.25, 0.3) is 29.5 Å². The van der Waals surface area contributed by atoms with Gasteiger partial charge in [0.2, 0.25) is 17.6 Å². The third-order valence-corrected chi connectivity index (χ3v) is 9.10. The SMILES string of the molecule is CC(C)CCNC(=O)c1nc(NC(O)CCNC(=O)c2cc(NC(=O)c3nc(NC(=O)CCNC(=O)c4cc(NC(=O)c5nccn5C)cn4C)cn3C)cn2C)cn1C. The summed E-state index contributed by atoms with van der Waals surface area (Å²) < 4.78 is 7.63. The Bertz CT molecular complexity index is 2360. The molecular weight excluding hydrogens is 779 g/mol. The summed E-state index contributed by atoms with van der Waals surface area (Å²) in [6.45, 7) is 4.77. The minimum atomic E-state index is -1.07. The molecule has 0 saturated carbocycles. The van der Waals surface area contributed by atoms with Crippen molar-refractivity contribution < 1.29 is 33.9 Å². The lowest BCUT2D eigenvalue weighted by atomic mass is 10.1. The quantitative estimate of drug-likeness (QED) is 0.0547. The number of hydrogen-bond donors (Lipinski definition) is 8. The van der Waals surface area contributed by atoms with Gasteiger partial charge >= 0.3 is 0 Å². The number of aromatic nitrogens is 8. The lowest BCUT2D eigenvalue weighted by Gasteiger charge is -2.12. The molecule has 5 aromatic rings. The van der Waals surface area contributed by atoms with E-state index in [4.69, 9.17) is 0 Å². The Labute approximate surface area is 345 Å². The average Bonchev–Trinajstić information content (AvgIpc) is 4.00. The number of hydrogen-bond acceptors (Lipinski definition) is 11. The van der Waals surface area contributed by atoms with Crippen molar-refractivity contribution in [1.82, 2.24) is 53.7 Å². The Morgan fingerprint density at radius 2 is 1.12 bits per heavy atom. The Morgan fingerprint density at radius 3 is 1.70 bits per heavy atom. The maximum absolute atomic E-state index is 13.1. The molecule has 1 atom stereocenters. The van der Waals surface area contributed by atoms with Gasteiger partial charge < -0.3 is 65.2 Å². The number of rotatable bonds is 19. The van der Waals surface area contributed by atoms with Crippen LogP contribution in [-0.2, 0) is 40.0 Å². The summed E-state index contributed by atoms with van der Waals surface area (Å²) in [4.78, 5) is 89.0. The molecule has 0 saturated heterocycles. The van der Waals surface area contributed by atoms with Crippen molar-refractivity contribution in [3.8, 4) is 0 Å². The topological polar surface area (TPSA) is 270 Å². The van der Waals surface area contributed by atoms with Gasteiger partial charge in [-0.1, -0.05) is 13.8 Å². The van der Waals surface area contributed by atoms with Crippen LogP contribution in [0.25, 0.3) is 0 Å². The zero-order valence-corrected chi connectivity index (χ0v) is 34.5. The summed E-state index contributed by atoms with van der Waals surface area (Å²) in [5.74, 6) is -1.43. The highest BCUT2D eigenvalue weighted by molar-refractivity contribution is 6.04. The maximum Gasteiger partial charge on any atom is 0.291 e. The first kappa shape index (κ1) is 43.9. The Hall–Kier alpha value is -7.23. The molecule has 0 fully saturated rings. The summed E-state index contributed by atoms with van der Waals surface area (Å²) in [6, 6.07) is 2.99. The first-order valence-electron chi connectivity index (χ1n) is 19.1. The normalized spacial score (nSPS) is 11.6. The van der Waals surface area contributed by atoms with Crippen molar-refractivity contribution in [1.29, 1.82) is 0 Å².